The van der Waals surface area contributed by atoms with Crippen molar-refractivity contribution in [1.29, 1.82) is 0 Å². The van der Waals surface area contributed by atoms with Gasteiger partial charge in [0.15, 0.2) is 0 Å². The van der Waals surface area contributed by atoms with Crippen molar-refractivity contribution in [1.82, 2.24) is 0 Å². The van der Waals surface area contributed by atoms with E-state index in [1.165, 1.54) is 0 Å². The average Bonchev–Trinajstić information content (AvgIpc) is 1.68. The minimum Gasteiger partial charge on any atom is -0.251 e. The molecule has 50 valence electrons. The van der Waals surface area contributed by atoms with Gasteiger partial charge in [-0.05, 0) is 6.42 Å². The second-order valence-corrected chi connectivity index (χ2v) is 2.63. The van der Waals surface area contributed by atoms with E-state index in [9.17, 15) is 8.78 Å². The molecule has 0 aliphatic heterocycles. The topological polar surface area (TPSA) is 0 Å². The standard InChI is InChI=1S/C5H9F2I/c6-3-1-5(7)2-4-8/h5H,1-4H2/t5-/m0/s1. The quantitative estimate of drug-likeness (QED) is 0.517. The summed E-state index contributed by atoms with van der Waals surface area (Å²) in [6, 6.07) is 0. The molecule has 0 aromatic rings. The molecule has 0 unspecified atom stereocenters. The van der Waals surface area contributed by atoms with Crippen molar-refractivity contribution < 1.29 is 8.78 Å². The summed E-state index contributed by atoms with van der Waals surface area (Å²) in [4.78, 5) is 0. The Labute approximate surface area is 61.8 Å². The molecule has 0 saturated heterocycles. The molecule has 0 fully saturated rings. The van der Waals surface area contributed by atoms with Crippen molar-refractivity contribution in [2.24, 2.45) is 0 Å². The van der Waals surface area contributed by atoms with Crippen LogP contribution < -0.4 is 0 Å². The molecule has 0 spiro atoms. The van der Waals surface area contributed by atoms with Crippen LogP contribution in [-0.2, 0) is 0 Å². The zero-order valence-electron chi connectivity index (χ0n) is 4.54. The van der Waals surface area contributed by atoms with Crippen molar-refractivity contribution in [2.45, 2.75) is 19.0 Å². The van der Waals surface area contributed by atoms with Crippen LogP contribution in [0.1, 0.15) is 12.8 Å². The lowest BCUT2D eigenvalue weighted by atomic mass is 10.2. The van der Waals surface area contributed by atoms with Crippen molar-refractivity contribution in [3.8, 4) is 0 Å². The van der Waals surface area contributed by atoms with Gasteiger partial charge in [-0.15, -0.1) is 0 Å². The van der Waals surface area contributed by atoms with Crippen LogP contribution >= 0.6 is 22.6 Å². The summed E-state index contributed by atoms with van der Waals surface area (Å²) >= 11 is 2.08. The molecule has 3 heteroatoms. The molecule has 0 amide bonds. The second-order valence-electron chi connectivity index (χ2n) is 1.55. The van der Waals surface area contributed by atoms with Crippen LogP contribution in [0.5, 0.6) is 0 Å². The lowest BCUT2D eigenvalue weighted by molar-refractivity contribution is 0.279. The van der Waals surface area contributed by atoms with E-state index in [0.29, 0.717) is 6.42 Å². The summed E-state index contributed by atoms with van der Waals surface area (Å²) in [6.07, 6.45) is -0.357. The molecule has 0 nitrogen and oxygen atoms in total. The first-order chi connectivity index (χ1) is 3.81. The summed E-state index contributed by atoms with van der Waals surface area (Å²) < 4.78 is 24.3. The largest absolute Gasteiger partial charge is 0.251 e. The minimum absolute atomic E-state index is 0.0724. The fraction of sp³-hybridized carbons (Fsp3) is 1.00. The van der Waals surface area contributed by atoms with Gasteiger partial charge >= 0.3 is 0 Å². The average molecular weight is 234 g/mol. The third-order valence-corrected chi connectivity index (χ3v) is 1.47. The number of hydrogen-bond acceptors (Lipinski definition) is 0. The molecule has 0 heterocycles. The highest BCUT2D eigenvalue weighted by molar-refractivity contribution is 14.1. The predicted molar refractivity (Wildman–Crippen MR) is 39.0 cm³/mol. The first-order valence-electron chi connectivity index (χ1n) is 2.57. The van der Waals surface area contributed by atoms with Crippen LogP contribution in [0.4, 0.5) is 8.78 Å². The molecule has 0 bridgehead atoms. The molecule has 0 radical (unpaired) electrons. The van der Waals surface area contributed by atoms with Gasteiger partial charge in [-0.1, -0.05) is 22.6 Å². The predicted octanol–water partition coefficient (Wildman–Crippen LogP) is 2.51. The highest BCUT2D eigenvalue weighted by atomic mass is 127. The van der Waals surface area contributed by atoms with Crippen LogP contribution in [0.2, 0.25) is 0 Å². The fourth-order valence-corrected chi connectivity index (χ4v) is 1.06. The smallest absolute Gasteiger partial charge is 0.103 e. The van der Waals surface area contributed by atoms with E-state index in [1.54, 1.807) is 0 Å². The van der Waals surface area contributed by atoms with Gasteiger partial charge in [0.05, 0.1) is 6.67 Å². The van der Waals surface area contributed by atoms with E-state index in [2.05, 4.69) is 22.6 Å². The monoisotopic (exact) mass is 234 g/mol. The molecule has 0 aliphatic carbocycles. The van der Waals surface area contributed by atoms with E-state index >= 15 is 0 Å². The Kier molecular flexibility index (Phi) is 6.14. The van der Waals surface area contributed by atoms with Gasteiger partial charge in [0.2, 0.25) is 0 Å². The van der Waals surface area contributed by atoms with E-state index in [1.807, 2.05) is 0 Å². The fourth-order valence-electron chi connectivity index (χ4n) is 0.381. The number of hydrogen-bond donors (Lipinski definition) is 0. The second kappa shape index (κ2) is 5.72. The van der Waals surface area contributed by atoms with Gasteiger partial charge in [-0.3, -0.25) is 4.39 Å². The molecule has 0 aromatic heterocycles. The van der Waals surface area contributed by atoms with Gasteiger partial charge < -0.3 is 0 Å². The Morgan fingerprint density at radius 1 is 1.38 bits per heavy atom. The lowest BCUT2D eigenvalue weighted by Gasteiger charge is -1.99. The summed E-state index contributed by atoms with van der Waals surface area (Å²) in [5, 5.41) is 0. The lowest BCUT2D eigenvalue weighted by Crippen LogP contribution is -2.00. The van der Waals surface area contributed by atoms with Crippen molar-refractivity contribution >= 4 is 22.6 Å². The van der Waals surface area contributed by atoms with Gasteiger partial charge in [-0.2, -0.15) is 0 Å². The van der Waals surface area contributed by atoms with Crippen molar-refractivity contribution in [2.75, 3.05) is 11.1 Å². The van der Waals surface area contributed by atoms with Crippen molar-refractivity contribution in [3.05, 3.63) is 0 Å². The number of alkyl halides is 3. The normalized spacial score (nSPS) is 13.9. The van der Waals surface area contributed by atoms with Crippen LogP contribution in [0.15, 0.2) is 0 Å². The third kappa shape index (κ3) is 4.74. The highest BCUT2D eigenvalue weighted by Crippen LogP contribution is 2.05. The molecule has 0 N–H and O–H groups in total. The van der Waals surface area contributed by atoms with Gasteiger partial charge in [0, 0.05) is 10.8 Å². The van der Waals surface area contributed by atoms with E-state index in [4.69, 9.17) is 0 Å². The molecule has 0 rings (SSSR count). The van der Waals surface area contributed by atoms with E-state index < -0.39 is 12.8 Å². The summed E-state index contributed by atoms with van der Waals surface area (Å²) in [5.41, 5.74) is 0. The molecule has 0 aromatic carbocycles. The maximum Gasteiger partial charge on any atom is 0.103 e. The Hall–Kier alpha value is 0.590. The Morgan fingerprint density at radius 2 is 2.00 bits per heavy atom. The zero-order valence-corrected chi connectivity index (χ0v) is 6.70. The van der Waals surface area contributed by atoms with Crippen LogP contribution in [0.3, 0.4) is 0 Å². The van der Waals surface area contributed by atoms with Gasteiger partial charge in [-0.25, -0.2) is 4.39 Å². The summed E-state index contributed by atoms with van der Waals surface area (Å²) in [6.45, 7) is -0.530. The third-order valence-electron chi connectivity index (χ3n) is 0.845. The van der Waals surface area contributed by atoms with Crippen LogP contribution in [0.25, 0.3) is 0 Å². The molecule has 1 atom stereocenters. The molecule has 0 saturated carbocycles. The molecular formula is C5H9F2I. The zero-order chi connectivity index (χ0) is 6.41. The summed E-state index contributed by atoms with van der Waals surface area (Å²) in [5.74, 6) is 0. The Balaban J connectivity index is 2.92. The first kappa shape index (κ1) is 8.59. The van der Waals surface area contributed by atoms with E-state index in [0.717, 1.165) is 4.43 Å². The van der Waals surface area contributed by atoms with Crippen LogP contribution in [-0.4, -0.2) is 17.3 Å². The van der Waals surface area contributed by atoms with Gasteiger partial charge in [0.1, 0.15) is 6.17 Å². The Bertz CT molecular complexity index is 43.7. The molecular weight excluding hydrogens is 225 g/mol. The number of halogens is 3. The Morgan fingerprint density at radius 3 is 2.38 bits per heavy atom. The van der Waals surface area contributed by atoms with E-state index in [-0.39, 0.29) is 6.42 Å². The SMILES string of the molecule is FCC[C@H](F)CCI. The molecule has 0 aliphatic rings. The molecule has 8 heavy (non-hydrogen) atoms. The number of rotatable bonds is 4. The summed E-state index contributed by atoms with van der Waals surface area (Å²) in [7, 11) is 0. The minimum atomic E-state index is -0.920. The van der Waals surface area contributed by atoms with Crippen LogP contribution in [0, 0.1) is 0 Å². The maximum absolute atomic E-state index is 12.2. The maximum atomic E-state index is 12.2. The highest BCUT2D eigenvalue weighted by Gasteiger charge is 2.02. The first-order valence-corrected chi connectivity index (χ1v) is 4.09. The van der Waals surface area contributed by atoms with Gasteiger partial charge in [0.25, 0.3) is 0 Å². The van der Waals surface area contributed by atoms with Crippen molar-refractivity contribution in [3.63, 3.8) is 0 Å².